The van der Waals surface area contributed by atoms with Crippen molar-refractivity contribution < 1.29 is 28.2 Å². The van der Waals surface area contributed by atoms with Gasteiger partial charge in [0.2, 0.25) is 0 Å². The standard InChI is InChI=1S/C24H21ClFN3O5/c1-32-20-6-4-3-5-19(20)28-23(30)24(31)29-27-13-15-7-10-21(22(11-15)33-2)34-14-16-8-9-17(26)12-18(16)25/h3-13H,14H2,1-2H3,(H,28,30)(H,29,31)/b27-13+. The molecule has 0 radical (unpaired) electrons. The summed E-state index contributed by atoms with van der Waals surface area (Å²) >= 11 is 6.02. The van der Waals surface area contributed by atoms with Crippen LogP contribution >= 0.6 is 11.6 Å². The number of carbonyl (C=O) groups excluding carboxylic acids is 2. The normalized spacial score (nSPS) is 10.6. The molecule has 0 spiro atoms. The predicted molar refractivity (Wildman–Crippen MR) is 126 cm³/mol. The molecule has 0 saturated heterocycles. The van der Waals surface area contributed by atoms with Crippen molar-refractivity contribution in [1.29, 1.82) is 0 Å². The van der Waals surface area contributed by atoms with Crippen LogP contribution in [0.5, 0.6) is 17.2 Å². The molecule has 0 aliphatic rings. The number of rotatable bonds is 8. The molecule has 0 heterocycles. The van der Waals surface area contributed by atoms with Gasteiger partial charge in [0, 0.05) is 5.56 Å². The highest BCUT2D eigenvalue weighted by molar-refractivity contribution is 6.39. The van der Waals surface area contributed by atoms with Gasteiger partial charge in [-0.25, -0.2) is 9.82 Å². The van der Waals surface area contributed by atoms with E-state index in [1.807, 2.05) is 0 Å². The number of benzene rings is 3. The Morgan fingerprint density at radius 3 is 2.47 bits per heavy atom. The van der Waals surface area contributed by atoms with Crippen LogP contribution in [0, 0.1) is 5.82 Å². The molecular weight excluding hydrogens is 465 g/mol. The van der Waals surface area contributed by atoms with Crippen LogP contribution in [-0.2, 0) is 16.2 Å². The van der Waals surface area contributed by atoms with Crippen LogP contribution in [-0.4, -0.2) is 32.2 Å². The molecule has 8 nitrogen and oxygen atoms in total. The molecule has 2 N–H and O–H groups in total. The maximum Gasteiger partial charge on any atom is 0.329 e. The second-order valence-electron chi connectivity index (χ2n) is 6.79. The van der Waals surface area contributed by atoms with Gasteiger partial charge in [-0.15, -0.1) is 0 Å². The number of anilines is 1. The number of halogens is 2. The Hall–Kier alpha value is -4.11. The van der Waals surface area contributed by atoms with Gasteiger partial charge in [0.05, 0.1) is 31.1 Å². The topological polar surface area (TPSA) is 98.2 Å². The van der Waals surface area contributed by atoms with Crippen molar-refractivity contribution >= 4 is 35.3 Å². The summed E-state index contributed by atoms with van der Waals surface area (Å²) in [6.45, 7) is 0.111. The highest BCUT2D eigenvalue weighted by atomic mass is 35.5. The molecule has 0 saturated carbocycles. The number of ether oxygens (including phenoxy) is 3. The monoisotopic (exact) mass is 485 g/mol. The van der Waals surface area contributed by atoms with E-state index in [4.69, 9.17) is 25.8 Å². The van der Waals surface area contributed by atoms with Gasteiger partial charge in [0.15, 0.2) is 11.5 Å². The number of hydrogen-bond donors (Lipinski definition) is 2. The van der Waals surface area contributed by atoms with Gasteiger partial charge in [-0.2, -0.15) is 5.10 Å². The average molecular weight is 486 g/mol. The smallest absolute Gasteiger partial charge is 0.329 e. The molecule has 0 unspecified atom stereocenters. The third-order valence-electron chi connectivity index (χ3n) is 4.53. The number of nitrogens with one attached hydrogen (secondary N) is 2. The van der Waals surface area contributed by atoms with Gasteiger partial charge in [0.1, 0.15) is 18.2 Å². The molecule has 3 aromatic carbocycles. The van der Waals surface area contributed by atoms with E-state index >= 15 is 0 Å². The summed E-state index contributed by atoms with van der Waals surface area (Å²) < 4.78 is 29.4. The molecule has 0 aliphatic carbocycles. The number of hydrogen-bond acceptors (Lipinski definition) is 6. The fraction of sp³-hybridized carbons (Fsp3) is 0.125. The molecular formula is C24H21ClFN3O5. The van der Waals surface area contributed by atoms with Gasteiger partial charge >= 0.3 is 11.8 Å². The quantitative estimate of drug-likeness (QED) is 0.283. The van der Waals surface area contributed by atoms with Crippen LogP contribution in [0.15, 0.2) is 65.8 Å². The molecule has 3 rings (SSSR count). The number of hydrazone groups is 1. The third kappa shape index (κ3) is 6.46. The van der Waals surface area contributed by atoms with E-state index < -0.39 is 17.6 Å². The van der Waals surface area contributed by atoms with E-state index in [1.165, 1.54) is 38.6 Å². The summed E-state index contributed by atoms with van der Waals surface area (Å²) in [5.74, 6) is -1.03. The Morgan fingerprint density at radius 1 is 0.971 bits per heavy atom. The molecule has 0 atom stereocenters. The van der Waals surface area contributed by atoms with Crippen molar-refractivity contribution in [2.45, 2.75) is 6.61 Å². The summed E-state index contributed by atoms with van der Waals surface area (Å²) in [5.41, 5.74) is 3.71. The van der Waals surface area contributed by atoms with E-state index in [9.17, 15) is 14.0 Å². The zero-order valence-electron chi connectivity index (χ0n) is 18.3. The first-order valence-corrected chi connectivity index (χ1v) is 10.3. The molecule has 3 aromatic rings. The highest BCUT2D eigenvalue weighted by Crippen LogP contribution is 2.29. The molecule has 10 heteroatoms. The largest absolute Gasteiger partial charge is 0.495 e. The first-order chi connectivity index (χ1) is 16.4. The van der Waals surface area contributed by atoms with Crippen molar-refractivity contribution in [3.05, 3.63) is 82.6 Å². The van der Waals surface area contributed by atoms with Crippen molar-refractivity contribution in [3.63, 3.8) is 0 Å². The van der Waals surface area contributed by atoms with Crippen molar-refractivity contribution in [3.8, 4) is 17.2 Å². The fourth-order valence-electron chi connectivity index (χ4n) is 2.82. The Labute approximate surface area is 200 Å². The second kappa shape index (κ2) is 11.7. The van der Waals surface area contributed by atoms with E-state index in [1.54, 1.807) is 42.5 Å². The minimum absolute atomic E-state index is 0.111. The van der Waals surface area contributed by atoms with E-state index in [-0.39, 0.29) is 11.6 Å². The number of nitrogens with zero attached hydrogens (tertiary/aromatic N) is 1. The first kappa shape index (κ1) is 24.5. The van der Waals surface area contributed by atoms with Crippen LogP contribution in [0.1, 0.15) is 11.1 Å². The van der Waals surface area contributed by atoms with Crippen molar-refractivity contribution in [1.82, 2.24) is 5.43 Å². The molecule has 0 bridgehead atoms. The lowest BCUT2D eigenvalue weighted by Crippen LogP contribution is -2.32. The van der Waals surface area contributed by atoms with Crippen LogP contribution in [0.3, 0.4) is 0 Å². The summed E-state index contributed by atoms with van der Waals surface area (Å²) in [4.78, 5) is 24.1. The SMILES string of the molecule is COc1ccccc1NC(=O)C(=O)N/N=C/c1ccc(OCc2ccc(F)cc2Cl)c(OC)c1. The second-order valence-corrected chi connectivity index (χ2v) is 7.20. The number of amides is 2. The minimum atomic E-state index is -0.953. The molecule has 176 valence electrons. The Morgan fingerprint density at radius 2 is 1.74 bits per heavy atom. The summed E-state index contributed by atoms with van der Waals surface area (Å²) in [6, 6.07) is 15.7. The fourth-order valence-corrected chi connectivity index (χ4v) is 3.04. The molecule has 2 amide bonds. The number of methoxy groups -OCH3 is 2. The zero-order chi connectivity index (χ0) is 24.5. The summed E-state index contributed by atoms with van der Waals surface area (Å²) in [6.07, 6.45) is 1.34. The number of para-hydroxylation sites is 2. The Bertz CT molecular complexity index is 1220. The Balaban J connectivity index is 1.59. The average Bonchev–Trinajstić information content (AvgIpc) is 2.84. The number of carbonyl (C=O) groups is 2. The van der Waals surface area contributed by atoms with Gasteiger partial charge in [-0.05, 0) is 48.0 Å². The van der Waals surface area contributed by atoms with Gasteiger partial charge in [0.25, 0.3) is 0 Å². The van der Waals surface area contributed by atoms with Crippen LogP contribution < -0.4 is 25.0 Å². The predicted octanol–water partition coefficient (Wildman–Crippen LogP) is 4.16. The van der Waals surface area contributed by atoms with Crippen molar-refractivity contribution in [2.24, 2.45) is 5.10 Å². The lowest BCUT2D eigenvalue weighted by molar-refractivity contribution is -0.136. The first-order valence-electron chi connectivity index (χ1n) is 9.93. The van der Waals surface area contributed by atoms with Crippen LogP contribution in [0.2, 0.25) is 5.02 Å². The lowest BCUT2D eigenvalue weighted by Gasteiger charge is -2.12. The summed E-state index contributed by atoms with van der Waals surface area (Å²) in [5, 5.41) is 6.51. The third-order valence-corrected chi connectivity index (χ3v) is 4.88. The molecule has 0 aliphatic heterocycles. The van der Waals surface area contributed by atoms with Crippen LogP contribution in [0.25, 0.3) is 0 Å². The molecule has 0 fully saturated rings. The van der Waals surface area contributed by atoms with Gasteiger partial charge in [-0.3, -0.25) is 9.59 Å². The van der Waals surface area contributed by atoms with Gasteiger partial charge in [-0.1, -0.05) is 29.8 Å². The minimum Gasteiger partial charge on any atom is -0.495 e. The van der Waals surface area contributed by atoms with E-state index in [2.05, 4.69) is 15.8 Å². The maximum absolute atomic E-state index is 13.2. The Kier molecular flexibility index (Phi) is 8.42. The molecule has 0 aromatic heterocycles. The van der Waals surface area contributed by atoms with Gasteiger partial charge < -0.3 is 19.5 Å². The van der Waals surface area contributed by atoms with E-state index in [0.717, 1.165) is 0 Å². The van der Waals surface area contributed by atoms with Crippen molar-refractivity contribution in [2.75, 3.05) is 19.5 Å². The van der Waals surface area contributed by atoms with Crippen LogP contribution in [0.4, 0.5) is 10.1 Å². The summed E-state index contributed by atoms with van der Waals surface area (Å²) in [7, 11) is 2.93. The maximum atomic E-state index is 13.2. The molecule has 34 heavy (non-hydrogen) atoms. The zero-order valence-corrected chi connectivity index (χ0v) is 19.1. The lowest BCUT2D eigenvalue weighted by atomic mass is 10.2. The van der Waals surface area contributed by atoms with E-state index in [0.29, 0.717) is 34.1 Å². The highest BCUT2D eigenvalue weighted by Gasteiger charge is 2.15.